The summed E-state index contributed by atoms with van der Waals surface area (Å²) in [6.45, 7) is 9.81. The van der Waals surface area contributed by atoms with E-state index in [4.69, 9.17) is 6.42 Å². The molecule has 0 radical (unpaired) electrons. The molecule has 1 fully saturated rings. The molecule has 2 heteroatoms. The van der Waals surface area contributed by atoms with Crippen molar-refractivity contribution in [1.82, 2.24) is 10.2 Å². The van der Waals surface area contributed by atoms with Crippen molar-refractivity contribution in [2.24, 2.45) is 0 Å². The molecular formula is C11H20N2. The van der Waals surface area contributed by atoms with E-state index in [1.807, 2.05) is 0 Å². The molecule has 1 N–H and O–H groups in total. The molecule has 0 aromatic heterocycles. The zero-order valence-corrected chi connectivity index (χ0v) is 8.93. The van der Waals surface area contributed by atoms with Gasteiger partial charge in [0.25, 0.3) is 0 Å². The van der Waals surface area contributed by atoms with E-state index >= 15 is 0 Å². The van der Waals surface area contributed by atoms with Gasteiger partial charge in [-0.3, -0.25) is 4.90 Å². The number of hydrogen-bond donors (Lipinski definition) is 1. The maximum atomic E-state index is 5.52. The quantitative estimate of drug-likeness (QED) is 0.640. The van der Waals surface area contributed by atoms with Crippen molar-refractivity contribution in [2.75, 3.05) is 19.6 Å². The predicted molar refractivity (Wildman–Crippen MR) is 56.6 cm³/mol. The zero-order valence-electron chi connectivity index (χ0n) is 8.93. The molecule has 0 aliphatic carbocycles. The second-order valence-electron chi connectivity index (χ2n) is 4.27. The van der Waals surface area contributed by atoms with Crippen LogP contribution in [0.5, 0.6) is 0 Å². The molecule has 1 aliphatic heterocycles. The van der Waals surface area contributed by atoms with Crippen LogP contribution in [0.15, 0.2) is 0 Å². The third-order valence-electron chi connectivity index (χ3n) is 2.82. The second-order valence-corrected chi connectivity index (χ2v) is 4.27. The summed E-state index contributed by atoms with van der Waals surface area (Å²) in [6.07, 6.45) is 6.56. The predicted octanol–water partition coefficient (Wildman–Crippen LogP) is 1.08. The number of nitrogens with one attached hydrogen (secondary N) is 1. The summed E-state index contributed by atoms with van der Waals surface area (Å²) >= 11 is 0. The van der Waals surface area contributed by atoms with Crippen LogP contribution in [0, 0.1) is 12.3 Å². The smallest absolute Gasteiger partial charge is 0.0714 e. The van der Waals surface area contributed by atoms with Gasteiger partial charge < -0.3 is 5.32 Å². The van der Waals surface area contributed by atoms with Gasteiger partial charge in [-0.05, 0) is 20.3 Å². The maximum absolute atomic E-state index is 5.52. The Morgan fingerprint density at radius 3 is 2.77 bits per heavy atom. The van der Waals surface area contributed by atoms with Gasteiger partial charge >= 0.3 is 0 Å². The van der Waals surface area contributed by atoms with Gasteiger partial charge in [-0.25, -0.2) is 0 Å². The highest BCUT2D eigenvalue weighted by molar-refractivity contribution is 5.04. The topological polar surface area (TPSA) is 15.3 Å². The molecule has 1 atom stereocenters. The molecule has 1 aliphatic rings. The molecule has 0 amide bonds. The van der Waals surface area contributed by atoms with Gasteiger partial charge in [-0.2, -0.15) is 0 Å². The van der Waals surface area contributed by atoms with Crippen LogP contribution in [0.3, 0.4) is 0 Å². The molecule has 1 heterocycles. The fourth-order valence-electron chi connectivity index (χ4n) is 2.00. The van der Waals surface area contributed by atoms with Crippen LogP contribution in [0.2, 0.25) is 0 Å². The van der Waals surface area contributed by atoms with E-state index in [0.29, 0.717) is 6.04 Å². The van der Waals surface area contributed by atoms with E-state index in [1.54, 1.807) is 0 Å². The van der Waals surface area contributed by atoms with Crippen molar-refractivity contribution in [3.05, 3.63) is 0 Å². The molecule has 0 spiro atoms. The molecule has 0 aromatic carbocycles. The molecule has 13 heavy (non-hydrogen) atoms. The minimum Gasteiger partial charge on any atom is -0.314 e. The summed E-state index contributed by atoms with van der Waals surface area (Å²) in [5.41, 5.74) is 0.200. The Hall–Kier alpha value is -0.520. The number of piperazine rings is 1. The average molecular weight is 180 g/mol. The van der Waals surface area contributed by atoms with E-state index in [-0.39, 0.29) is 5.54 Å². The summed E-state index contributed by atoms with van der Waals surface area (Å²) in [5.74, 6) is 2.88. The molecule has 0 aromatic rings. The Morgan fingerprint density at radius 1 is 1.62 bits per heavy atom. The van der Waals surface area contributed by atoms with Crippen LogP contribution in [0.25, 0.3) is 0 Å². The monoisotopic (exact) mass is 180 g/mol. The molecule has 1 rings (SSSR count). The van der Waals surface area contributed by atoms with E-state index in [1.165, 1.54) is 0 Å². The lowest BCUT2D eigenvalue weighted by molar-refractivity contribution is 0.0656. The van der Waals surface area contributed by atoms with Crippen molar-refractivity contribution in [1.29, 1.82) is 0 Å². The lowest BCUT2D eigenvalue weighted by Crippen LogP contribution is -2.60. The van der Waals surface area contributed by atoms with Crippen LogP contribution < -0.4 is 5.32 Å². The second kappa shape index (κ2) is 4.13. The average Bonchev–Trinajstić information content (AvgIpc) is 2.09. The third-order valence-corrected chi connectivity index (χ3v) is 2.82. The van der Waals surface area contributed by atoms with Gasteiger partial charge in [0.2, 0.25) is 0 Å². The fraction of sp³-hybridized carbons (Fsp3) is 0.818. The zero-order chi connectivity index (χ0) is 9.90. The van der Waals surface area contributed by atoms with Gasteiger partial charge in [-0.15, -0.1) is 6.42 Å². The van der Waals surface area contributed by atoms with Crippen molar-refractivity contribution in [3.8, 4) is 12.3 Å². The molecule has 74 valence electrons. The lowest BCUT2D eigenvalue weighted by Gasteiger charge is -2.45. The third kappa shape index (κ3) is 2.24. The Balaban J connectivity index is 2.70. The first kappa shape index (κ1) is 10.6. The van der Waals surface area contributed by atoms with Crippen molar-refractivity contribution < 1.29 is 0 Å². The van der Waals surface area contributed by atoms with Crippen molar-refractivity contribution in [3.63, 3.8) is 0 Å². The highest BCUT2D eigenvalue weighted by Crippen LogP contribution is 2.20. The van der Waals surface area contributed by atoms with E-state index in [9.17, 15) is 0 Å². The first-order chi connectivity index (χ1) is 6.11. The molecule has 2 nitrogen and oxygen atoms in total. The van der Waals surface area contributed by atoms with Crippen LogP contribution in [0.4, 0.5) is 0 Å². The first-order valence-corrected chi connectivity index (χ1v) is 5.05. The maximum Gasteiger partial charge on any atom is 0.0714 e. The summed E-state index contributed by atoms with van der Waals surface area (Å²) in [5, 5.41) is 3.40. The van der Waals surface area contributed by atoms with Crippen molar-refractivity contribution in [2.45, 2.75) is 38.8 Å². The van der Waals surface area contributed by atoms with E-state index in [2.05, 4.69) is 36.9 Å². The number of rotatable bonds is 2. The Bertz CT molecular complexity index is 203. The van der Waals surface area contributed by atoms with Crippen LogP contribution >= 0.6 is 0 Å². The van der Waals surface area contributed by atoms with Gasteiger partial charge in [-0.1, -0.05) is 12.8 Å². The molecule has 0 saturated carbocycles. The molecular weight excluding hydrogens is 160 g/mol. The summed E-state index contributed by atoms with van der Waals surface area (Å²) in [7, 11) is 0. The fourth-order valence-corrected chi connectivity index (χ4v) is 2.00. The van der Waals surface area contributed by atoms with Gasteiger partial charge in [0.15, 0.2) is 0 Å². The number of hydrogen-bond acceptors (Lipinski definition) is 2. The number of terminal acetylenes is 1. The van der Waals surface area contributed by atoms with Crippen LogP contribution in [-0.2, 0) is 0 Å². The Morgan fingerprint density at radius 2 is 2.31 bits per heavy atom. The lowest BCUT2D eigenvalue weighted by atomic mass is 9.97. The molecule has 1 unspecified atom stereocenters. The highest BCUT2D eigenvalue weighted by Gasteiger charge is 2.32. The summed E-state index contributed by atoms with van der Waals surface area (Å²) in [6, 6.07) is 0.303. The first-order valence-electron chi connectivity index (χ1n) is 5.05. The number of nitrogens with zero attached hydrogens (tertiary/aromatic N) is 1. The highest BCUT2D eigenvalue weighted by atomic mass is 15.3. The van der Waals surface area contributed by atoms with E-state index < -0.39 is 0 Å². The minimum atomic E-state index is 0.200. The van der Waals surface area contributed by atoms with Gasteiger partial charge in [0, 0.05) is 25.2 Å². The van der Waals surface area contributed by atoms with Crippen molar-refractivity contribution >= 4 is 0 Å². The molecule has 0 bridgehead atoms. The van der Waals surface area contributed by atoms with E-state index in [0.717, 1.165) is 26.1 Å². The Labute approximate surface area is 81.7 Å². The largest absolute Gasteiger partial charge is 0.314 e. The SMILES string of the molecule is C#CC(CC)N1CCNCC1(C)C. The standard InChI is InChI=1S/C11H20N2/c1-5-10(6-2)13-8-7-12-9-11(13,3)4/h1,10,12H,6-9H2,2-4H3. The minimum absolute atomic E-state index is 0.200. The summed E-state index contributed by atoms with van der Waals surface area (Å²) < 4.78 is 0. The summed E-state index contributed by atoms with van der Waals surface area (Å²) in [4.78, 5) is 2.43. The van der Waals surface area contributed by atoms with Crippen LogP contribution in [0.1, 0.15) is 27.2 Å². The normalized spacial score (nSPS) is 25.1. The van der Waals surface area contributed by atoms with Gasteiger partial charge in [0.05, 0.1) is 6.04 Å². The van der Waals surface area contributed by atoms with Crippen LogP contribution in [-0.4, -0.2) is 36.1 Å². The Kier molecular flexibility index (Phi) is 3.35. The van der Waals surface area contributed by atoms with Gasteiger partial charge in [0.1, 0.15) is 0 Å². The molecule has 1 saturated heterocycles.